The van der Waals surface area contributed by atoms with Gasteiger partial charge in [0, 0.05) is 17.4 Å². The van der Waals surface area contributed by atoms with Crippen molar-refractivity contribution in [2.75, 3.05) is 0 Å². The molecule has 0 unspecified atom stereocenters. The van der Waals surface area contributed by atoms with Gasteiger partial charge in [-0.1, -0.05) is 6.92 Å². The molecule has 0 N–H and O–H groups in total. The lowest BCUT2D eigenvalue weighted by Crippen LogP contribution is -2.15. The van der Waals surface area contributed by atoms with Crippen LogP contribution in [0.25, 0.3) is 22.1 Å². The Labute approximate surface area is 115 Å². The van der Waals surface area contributed by atoms with Gasteiger partial charge < -0.3 is 8.83 Å². The van der Waals surface area contributed by atoms with Crippen LogP contribution in [0, 0.1) is 0 Å². The summed E-state index contributed by atoms with van der Waals surface area (Å²) < 4.78 is 11.2. The number of nitrogens with zero attached hydrogens (tertiary/aromatic N) is 1. The molecule has 0 saturated heterocycles. The number of benzene rings is 1. The van der Waals surface area contributed by atoms with Gasteiger partial charge in [0.25, 0.3) is 0 Å². The van der Waals surface area contributed by atoms with Crippen LogP contribution in [0.2, 0.25) is 0 Å². The van der Waals surface area contributed by atoms with E-state index in [1.165, 1.54) is 0 Å². The molecule has 1 aromatic carbocycles. The Hall–Kier alpha value is -2.10. The molecular formula is C16H15NO3. The Morgan fingerprint density at radius 2 is 1.95 bits per heavy atom. The molecule has 0 amide bonds. The molecule has 4 rings (SSSR count). The number of hydrogen-bond donors (Lipinski definition) is 0. The molecule has 0 saturated carbocycles. The summed E-state index contributed by atoms with van der Waals surface area (Å²) in [6.07, 6.45) is 4.69. The number of rotatable bonds is 1. The van der Waals surface area contributed by atoms with E-state index in [4.69, 9.17) is 8.83 Å². The van der Waals surface area contributed by atoms with Crippen LogP contribution in [-0.4, -0.2) is 4.98 Å². The summed E-state index contributed by atoms with van der Waals surface area (Å²) >= 11 is 0. The minimum atomic E-state index is -0.208. The van der Waals surface area contributed by atoms with Gasteiger partial charge in [-0.05, 0) is 43.4 Å². The molecule has 3 aromatic rings. The fourth-order valence-electron chi connectivity index (χ4n) is 3.09. The first kappa shape index (κ1) is 11.7. The SMILES string of the molecule is CCc1nc2c(ccc3c4c(c(=O)oc32)CCCC4)o1. The number of aryl methyl sites for hydroxylation is 2. The summed E-state index contributed by atoms with van der Waals surface area (Å²) in [6.45, 7) is 1.99. The summed E-state index contributed by atoms with van der Waals surface area (Å²) in [6, 6.07) is 3.92. The summed E-state index contributed by atoms with van der Waals surface area (Å²) in [5.74, 6) is 0.674. The van der Waals surface area contributed by atoms with Crippen molar-refractivity contribution >= 4 is 22.1 Å². The molecule has 0 atom stereocenters. The molecule has 20 heavy (non-hydrogen) atoms. The second-order valence-corrected chi connectivity index (χ2v) is 5.30. The summed E-state index contributed by atoms with van der Waals surface area (Å²) in [5, 5.41) is 1.02. The summed E-state index contributed by atoms with van der Waals surface area (Å²) in [4.78, 5) is 16.6. The Kier molecular flexibility index (Phi) is 2.46. The van der Waals surface area contributed by atoms with Crippen LogP contribution < -0.4 is 5.63 Å². The first-order chi connectivity index (χ1) is 9.78. The molecule has 2 aromatic heterocycles. The standard InChI is InChI=1S/C16H15NO3/c1-2-13-17-14-12(19-13)8-7-10-9-5-3-4-6-11(9)16(18)20-15(10)14/h7-8H,2-6H2,1H3. The highest BCUT2D eigenvalue weighted by atomic mass is 16.4. The van der Waals surface area contributed by atoms with E-state index in [9.17, 15) is 4.79 Å². The fourth-order valence-corrected chi connectivity index (χ4v) is 3.09. The van der Waals surface area contributed by atoms with E-state index in [0.717, 1.165) is 48.6 Å². The zero-order valence-corrected chi connectivity index (χ0v) is 11.4. The van der Waals surface area contributed by atoms with Gasteiger partial charge in [0.2, 0.25) is 0 Å². The van der Waals surface area contributed by atoms with E-state index in [-0.39, 0.29) is 5.63 Å². The predicted octanol–water partition coefficient (Wildman–Crippen LogP) is 3.38. The smallest absolute Gasteiger partial charge is 0.339 e. The van der Waals surface area contributed by atoms with Crippen LogP contribution >= 0.6 is 0 Å². The Morgan fingerprint density at radius 1 is 1.15 bits per heavy atom. The number of oxazole rings is 1. The second kappa shape index (κ2) is 4.20. The third-order valence-corrected chi connectivity index (χ3v) is 4.10. The average molecular weight is 269 g/mol. The normalized spacial score (nSPS) is 14.8. The zero-order valence-electron chi connectivity index (χ0n) is 11.4. The second-order valence-electron chi connectivity index (χ2n) is 5.30. The van der Waals surface area contributed by atoms with E-state index in [1.807, 2.05) is 19.1 Å². The van der Waals surface area contributed by atoms with Crippen LogP contribution in [0.4, 0.5) is 0 Å². The molecule has 1 aliphatic rings. The molecule has 0 fully saturated rings. The highest BCUT2D eigenvalue weighted by molar-refractivity contribution is 6.01. The maximum Gasteiger partial charge on any atom is 0.339 e. The first-order valence-electron chi connectivity index (χ1n) is 7.15. The maximum absolute atomic E-state index is 12.2. The lowest BCUT2D eigenvalue weighted by molar-refractivity contribution is 0.535. The van der Waals surface area contributed by atoms with E-state index >= 15 is 0 Å². The minimum absolute atomic E-state index is 0.208. The van der Waals surface area contributed by atoms with Crippen molar-refractivity contribution in [3.63, 3.8) is 0 Å². The minimum Gasteiger partial charge on any atom is -0.441 e. The Morgan fingerprint density at radius 3 is 2.75 bits per heavy atom. The highest BCUT2D eigenvalue weighted by Crippen LogP contribution is 2.31. The van der Waals surface area contributed by atoms with E-state index in [0.29, 0.717) is 22.6 Å². The molecule has 0 bridgehead atoms. The van der Waals surface area contributed by atoms with Crippen molar-refractivity contribution in [1.29, 1.82) is 0 Å². The van der Waals surface area contributed by atoms with Crippen molar-refractivity contribution in [2.24, 2.45) is 0 Å². The lowest BCUT2D eigenvalue weighted by atomic mass is 9.90. The molecule has 102 valence electrons. The lowest BCUT2D eigenvalue weighted by Gasteiger charge is -2.15. The topological polar surface area (TPSA) is 56.2 Å². The highest BCUT2D eigenvalue weighted by Gasteiger charge is 2.20. The fraction of sp³-hybridized carbons (Fsp3) is 0.375. The molecular weight excluding hydrogens is 254 g/mol. The average Bonchev–Trinajstić information content (AvgIpc) is 2.91. The van der Waals surface area contributed by atoms with Crippen LogP contribution in [0.5, 0.6) is 0 Å². The summed E-state index contributed by atoms with van der Waals surface area (Å²) in [5.41, 5.74) is 3.73. The predicted molar refractivity (Wildman–Crippen MR) is 76.1 cm³/mol. The molecule has 1 aliphatic carbocycles. The van der Waals surface area contributed by atoms with Gasteiger partial charge in [0.1, 0.15) is 0 Å². The van der Waals surface area contributed by atoms with Gasteiger partial charge >= 0.3 is 5.63 Å². The number of aromatic nitrogens is 1. The molecule has 0 radical (unpaired) electrons. The largest absolute Gasteiger partial charge is 0.441 e. The van der Waals surface area contributed by atoms with Gasteiger partial charge in [-0.25, -0.2) is 9.78 Å². The third kappa shape index (κ3) is 1.54. The summed E-state index contributed by atoms with van der Waals surface area (Å²) in [7, 11) is 0. The van der Waals surface area contributed by atoms with Gasteiger partial charge in [0.15, 0.2) is 22.6 Å². The number of fused-ring (bicyclic) bond motifs is 5. The molecule has 0 spiro atoms. The monoisotopic (exact) mass is 269 g/mol. The van der Waals surface area contributed by atoms with Gasteiger partial charge in [-0.3, -0.25) is 0 Å². The maximum atomic E-state index is 12.2. The Balaban J connectivity index is 2.15. The third-order valence-electron chi connectivity index (χ3n) is 4.10. The Bertz CT molecular complexity index is 873. The van der Waals surface area contributed by atoms with E-state index in [1.54, 1.807) is 0 Å². The molecule has 4 nitrogen and oxygen atoms in total. The van der Waals surface area contributed by atoms with Gasteiger partial charge in [-0.2, -0.15) is 0 Å². The van der Waals surface area contributed by atoms with Crippen molar-refractivity contribution in [3.05, 3.63) is 39.6 Å². The molecule has 0 aliphatic heterocycles. The van der Waals surface area contributed by atoms with Gasteiger partial charge in [0.05, 0.1) is 0 Å². The van der Waals surface area contributed by atoms with Crippen LogP contribution in [0.1, 0.15) is 36.8 Å². The first-order valence-corrected chi connectivity index (χ1v) is 7.15. The molecule has 2 heterocycles. The van der Waals surface area contributed by atoms with Crippen molar-refractivity contribution < 1.29 is 8.83 Å². The van der Waals surface area contributed by atoms with Crippen LogP contribution in [0.15, 0.2) is 25.8 Å². The van der Waals surface area contributed by atoms with Crippen LogP contribution in [-0.2, 0) is 19.3 Å². The van der Waals surface area contributed by atoms with Gasteiger partial charge in [-0.15, -0.1) is 0 Å². The zero-order chi connectivity index (χ0) is 13.7. The number of hydrogen-bond acceptors (Lipinski definition) is 4. The van der Waals surface area contributed by atoms with E-state index in [2.05, 4.69) is 4.98 Å². The van der Waals surface area contributed by atoms with E-state index < -0.39 is 0 Å². The van der Waals surface area contributed by atoms with Crippen molar-refractivity contribution in [3.8, 4) is 0 Å². The van der Waals surface area contributed by atoms with Crippen LogP contribution in [0.3, 0.4) is 0 Å². The molecule has 4 heteroatoms. The van der Waals surface area contributed by atoms with Crippen molar-refractivity contribution in [1.82, 2.24) is 4.98 Å². The van der Waals surface area contributed by atoms with Crippen molar-refractivity contribution in [2.45, 2.75) is 39.0 Å². The quantitative estimate of drug-likeness (QED) is 0.635.